The molecule has 18 heavy (non-hydrogen) atoms. The van der Waals surface area contributed by atoms with E-state index in [1.807, 2.05) is 0 Å². The van der Waals surface area contributed by atoms with Crippen molar-refractivity contribution in [2.45, 2.75) is 6.04 Å². The van der Waals surface area contributed by atoms with Crippen molar-refractivity contribution in [3.63, 3.8) is 0 Å². The van der Waals surface area contributed by atoms with Crippen LogP contribution < -0.4 is 11.3 Å². The molecule has 0 fully saturated rings. The molecule has 0 aliphatic rings. The Hall–Kier alpha value is -1.86. The summed E-state index contributed by atoms with van der Waals surface area (Å²) in [6, 6.07) is 2.76. The van der Waals surface area contributed by atoms with Crippen molar-refractivity contribution >= 4 is 0 Å². The number of rotatable bonds is 3. The minimum Gasteiger partial charge on any atom is -0.271 e. The van der Waals surface area contributed by atoms with Gasteiger partial charge in [-0.25, -0.2) is 18.6 Å². The molecule has 0 aliphatic heterocycles. The van der Waals surface area contributed by atoms with Gasteiger partial charge in [0.25, 0.3) is 0 Å². The number of halogens is 3. The maximum absolute atomic E-state index is 13.2. The predicted octanol–water partition coefficient (Wildman–Crippen LogP) is 1.39. The van der Waals surface area contributed by atoms with E-state index >= 15 is 0 Å². The van der Waals surface area contributed by atoms with Gasteiger partial charge in [-0.15, -0.1) is 0 Å². The first kappa shape index (κ1) is 12.6. The van der Waals surface area contributed by atoms with Crippen LogP contribution in [0.2, 0.25) is 0 Å². The first-order chi connectivity index (χ1) is 8.54. The van der Waals surface area contributed by atoms with E-state index in [1.54, 1.807) is 13.1 Å². The fourth-order valence-corrected chi connectivity index (χ4v) is 1.76. The standard InChI is InChI=1S/C11H11F3N4/c1-18-9(2-3-16-18)11(17-15)6-4-7(12)10(14)8(13)5-6/h2-5,11,17H,15H2,1H3. The Kier molecular flexibility index (Phi) is 3.35. The van der Waals surface area contributed by atoms with E-state index in [2.05, 4.69) is 10.5 Å². The Labute approximate surface area is 101 Å². The lowest BCUT2D eigenvalue weighted by Gasteiger charge is -2.17. The monoisotopic (exact) mass is 256 g/mol. The second-order valence-electron chi connectivity index (χ2n) is 3.78. The summed E-state index contributed by atoms with van der Waals surface area (Å²) >= 11 is 0. The molecule has 0 radical (unpaired) electrons. The molecule has 7 heteroatoms. The number of benzene rings is 1. The third-order valence-corrected chi connectivity index (χ3v) is 2.66. The van der Waals surface area contributed by atoms with Gasteiger partial charge in [0.15, 0.2) is 17.5 Å². The van der Waals surface area contributed by atoms with Gasteiger partial charge in [-0.2, -0.15) is 5.10 Å². The van der Waals surface area contributed by atoms with Crippen LogP contribution >= 0.6 is 0 Å². The zero-order chi connectivity index (χ0) is 13.3. The van der Waals surface area contributed by atoms with E-state index in [-0.39, 0.29) is 5.56 Å². The number of nitrogens with one attached hydrogen (secondary N) is 1. The Morgan fingerprint density at radius 3 is 2.33 bits per heavy atom. The summed E-state index contributed by atoms with van der Waals surface area (Å²) < 4.78 is 40.7. The van der Waals surface area contributed by atoms with Gasteiger partial charge in [0.2, 0.25) is 0 Å². The van der Waals surface area contributed by atoms with Crippen molar-refractivity contribution in [1.82, 2.24) is 15.2 Å². The fourth-order valence-electron chi connectivity index (χ4n) is 1.76. The van der Waals surface area contributed by atoms with Crippen molar-refractivity contribution in [3.05, 3.63) is 53.1 Å². The van der Waals surface area contributed by atoms with Crippen LogP contribution in [0.1, 0.15) is 17.3 Å². The van der Waals surface area contributed by atoms with Crippen LogP contribution in [0, 0.1) is 17.5 Å². The number of nitrogens with zero attached hydrogens (tertiary/aromatic N) is 2. The Morgan fingerprint density at radius 1 is 1.28 bits per heavy atom. The summed E-state index contributed by atoms with van der Waals surface area (Å²) in [5.41, 5.74) is 3.20. The smallest absolute Gasteiger partial charge is 0.194 e. The van der Waals surface area contributed by atoms with Crippen LogP contribution in [0.25, 0.3) is 0 Å². The lowest BCUT2D eigenvalue weighted by molar-refractivity contribution is 0.441. The van der Waals surface area contributed by atoms with Crippen LogP contribution in [-0.4, -0.2) is 9.78 Å². The van der Waals surface area contributed by atoms with Crippen LogP contribution in [0.4, 0.5) is 13.2 Å². The minimum absolute atomic E-state index is 0.178. The van der Waals surface area contributed by atoms with Gasteiger partial charge in [-0.1, -0.05) is 0 Å². The quantitative estimate of drug-likeness (QED) is 0.495. The second kappa shape index (κ2) is 4.79. The van der Waals surface area contributed by atoms with E-state index in [0.29, 0.717) is 5.69 Å². The van der Waals surface area contributed by atoms with E-state index in [1.165, 1.54) is 10.9 Å². The molecule has 3 N–H and O–H groups in total. The first-order valence-electron chi connectivity index (χ1n) is 5.13. The van der Waals surface area contributed by atoms with Crippen molar-refractivity contribution in [2.24, 2.45) is 12.9 Å². The van der Waals surface area contributed by atoms with Crippen LogP contribution in [0.3, 0.4) is 0 Å². The van der Waals surface area contributed by atoms with E-state index in [4.69, 9.17) is 5.84 Å². The molecule has 0 bridgehead atoms. The number of hydrazine groups is 1. The Balaban J connectivity index is 2.49. The lowest BCUT2D eigenvalue weighted by Crippen LogP contribution is -2.30. The van der Waals surface area contributed by atoms with Gasteiger partial charge >= 0.3 is 0 Å². The summed E-state index contributed by atoms with van der Waals surface area (Å²) in [4.78, 5) is 0. The fraction of sp³-hybridized carbons (Fsp3) is 0.182. The lowest BCUT2D eigenvalue weighted by atomic mass is 10.0. The number of aryl methyl sites for hydroxylation is 1. The maximum Gasteiger partial charge on any atom is 0.194 e. The molecule has 1 aromatic heterocycles. The zero-order valence-corrected chi connectivity index (χ0v) is 9.49. The van der Waals surface area contributed by atoms with Gasteiger partial charge in [0.1, 0.15) is 0 Å². The number of aromatic nitrogens is 2. The normalized spacial score (nSPS) is 12.7. The van der Waals surface area contributed by atoms with Crippen molar-refractivity contribution in [2.75, 3.05) is 0 Å². The molecule has 0 saturated carbocycles. The minimum atomic E-state index is -1.50. The molecular weight excluding hydrogens is 245 g/mol. The first-order valence-corrected chi connectivity index (χ1v) is 5.13. The largest absolute Gasteiger partial charge is 0.271 e. The summed E-state index contributed by atoms with van der Waals surface area (Å²) in [5, 5.41) is 3.93. The van der Waals surface area contributed by atoms with Gasteiger partial charge in [-0.3, -0.25) is 10.5 Å². The summed E-state index contributed by atoms with van der Waals surface area (Å²) in [5.74, 6) is 1.36. The van der Waals surface area contributed by atoms with Crippen molar-refractivity contribution in [3.8, 4) is 0 Å². The van der Waals surface area contributed by atoms with E-state index in [9.17, 15) is 13.2 Å². The third-order valence-electron chi connectivity index (χ3n) is 2.66. The van der Waals surface area contributed by atoms with Gasteiger partial charge in [0, 0.05) is 13.2 Å². The molecule has 96 valence electrons. The van der Waals surface area contributed by atoms with Crippen LogP contribution in [0.15, 0.2) is 24.4 Å². The molecule has 0 spiro atoms. The third kappa shape index (κ3) is 2.09. The SMILES string of the molecule is Cn1nccc1C(NN)c1cc(F)c(F)c(F)c1. The van der Waals surface area contributed by atoms with Crippen LogP contribution in [-0.2, 0) is 7.05 Å². The number of hydrogen-bond acceptors (Lipinski definition) is 3. The predicted molar refractivity (Wildman–Crippen MR) is 58.7 cm³/mol. The summed E-state index contributed by atoms with van der Waals surface area (Å²) in [6.07, 6.45) is 1.52. The van der Waals surface area contributed by atoms with E-state index < -0.39 is 23.5 Å². The summed E-state index contributed by atoms with van der Waals surface area (Å²) in [6.45, 7) is 0. The Morgan fingerprint density at radius 2 is 1.89 bits per heavy atom. The second-order valence-corrected chi connectivity index (χ2v) is 3.78. The summed E-state index contributed by atoms with van der Waals surface area (Å²) in [7, 11) is 1.66. The molecule has 1 heterocycles. The molecule has 0 saturated heterocycles. The highest BCUT2D eigenvalue weighted by molar-refractivity contribution is 5.29. The molecule has 4 nitrogen and oxygen atoms in total. The highest BCUT2D eigenvalue weighted by Gasteiger charge is 2.20. The molecule has 0 aliphatic carbocycles. The Bertz CT molecular complexity index is 544. The number of nitrogens with two attached hydrogens (primary N) is 1. The topological polar surface area (TPSA) is 55.9 Å². The molecule has 1 unspecified atom stereocenters. The average Bonchev–Trinajstić information content (AvgIpc) is 2.74. The molecule has 0 amide bonds. The molecular formula is C11H11F3N4. The molecule has 2 aromatic rings. The maximum atomic E-state index is 13.2. The van der Waals surface area contributed by atoms with Gasteiger partial charge in [-0.05, 0) is 23.8 Å². The molecule has 1 atom stereocenters. The zero-order valence-electron chi connectivity index (χ0n) is 9.49. The highest BCUT2D eigenvalue weighted by atomic mass is 19.2. The molecule has 1 aromatic carbocycles. The highest BCUT2D eigenvalue weighted by Crippen LogP contribution is 2.23. The van der Waals surface area contributed by atoms with Crippen LogP contribution in [0.5, 0.6) is 0 Å². The van der Waals surface area contributed by atoms with Crippen molar-refractivity contribution in [1.29, 1.82) is 0 Å². The van der Waals surface area contributed by atoms with Gasteiger partial charge < -0.3 is 0 Å². The molecule has 2 rings (SSSR count). The number of hydrogen-bond donors (Lipinski definition) is 2. The van der Waals surface area contributed by atoms with Gasteiger partial charge in [0.05, 0.1) is 11.7 Å². The van der Waals surface area contributed by atoms with Crippen molar-refractivity contribution < 1.29 is 13.2 Å². The average molecular weight is 256 g/mol. The van der Waals surface area contributed by atoms with E-state index in [0.717, 1.165) is 12.1 Å².